The molecule has 48 heavy (non-hydrogen) atoms. The highest BCUT2D eigenvalue weighted by Crippen LogP contribution is 2.45. The molecule has 2 amide bonds. The highest BCUT2D eigenvalue weighted by Gasteiger charge is 2.33. The van der Waals surface area contributed by atoms with Gasteiger partial charge in [0.1, 0.15) is 23.7 Å². The van der Waals surface area contributed by atoms with Gasteiger partial charge in [0, 0.05) is 76.0 Å². The molecule has 3 aliphatic heterocycles. The predicted molar refractivity (Wildman–Crippen MR) is 197 cm³/mol. The summed E-state index contributed by atoms with van der Waals surface area (Å²) < 4.78 is 13.0. The fraction of sp³-hybridized carbons (Fsp3) is 0.622. The van der Waals surface area contributed by atoms with Crippen LogP contribution in [0.15, 0.2) is 36.4 Å². The van der Waals surface area contributed by atoms with E-state index < -0.39 is 5.91 Å². The molecule has 3 saturated heterocycles. The molecule has 3 heterocycles. The summed E-state index contributed by atoms with van der Waals surface area (Å²) >= 11 is 0. The molecular formula is C37H55Cl2N5O4. The minimum Gasteiger partial charge on any atom is -0.489 e. The number of likely N-dealkylation sites (tertiary alicyclic amines) is 1. The number of primary amides is 1. The molecule has 266 valence electrons. The van der Waals surface area contributed by atoms with Crippen LogP contribution in [0.25, 0.3) is 0 Å². The third-order valence-corrected chi connectivity index (χ3v) is 10.7. The lowest BCUT2D eigenvalue weighted by Gasteiger charge is -2.37. The van der Waals surface area contributed by atoms with Gasteiger partial charge in [0.05, 0.1) is 5.56 Å². The smallest absolute Gasteiger partial charge is 0.253 e. The van der Waals surface area contributed by atoms with Crippen LogP contribution in [0.4, 0.5) is 5.69 Å². The van der Waals surface area contributed by atoms with Gasteiger partial charge < -0.3 is 35.6 Å². The summed E-state index contributed by atoms with van der Waals surface area (Å²) in [6.07, 6.45) is 7.16. The van der Waals surface area contributed by atoms with Gasteiger partial charge in [0.25, 0.3) is 11.8 Å². The van der Waals surface area contributed by atoms with Gasteiger partial charge in [-0.3, -0.25) is 9.59 Å². The topological polar surface area (TPSA) is 109 Å². The fourth-order valence-corrected chi connectivity index (χ4v) is 7.76. The van der Waals surface area contributed by atoms with Crippen molar-refractivity contribution in [3.63, 3.8) is 0 Å². The number of nitrogens with one attached hydrogen (secondary N) is 2. The quantitative estimate of drug-likeness (QED) is 0.320. The second-order valence-electron chi connectivity index (χ2n) is 14.8. The van der Waals surface area contributed by atoms with Crippen molar-refractivity contribution in [2.45, 2.75) is 83.8 Å². The highest BCUT2D eigenvalue weighted by molar-refractivity contribution is 5.96. The summed E-state index contributed by atoms with van der Waals surface area (Å²) in [6.45, 7) is 13.8. The van der Waals surface area contributed by atoms with Crippen LogP contribution in [0.1, 0.15) is 97.9 Å². The minimum atomic E-state index is -0.492. The van der Waals surface area contributed by atoms with E-state index in [4.69, 9.17) is 15.2 Å². The normalized spacial score (nSPS) is 23.5. The molecule has 1 aliphatic carbocycles. The van der Waals surface area contributed by atoms with E-state index in [2.05, 4.69) is 42.4 Å². The van der Waals surface area contributed by atoms with Gasteiger partial charge in [-0.25, -0.2) is 0 Å². The van der Waals surface area contributed by atoms with Gasteiger partial charge in [-0.2, -0.15) is 0 Å². The monoisotopic (exact) mass is 703 g/mol. The number of benzene rings is 2. The van der Waals surface area contributed by atoms with Crippen LogP contribution in [-0.2, 0) is 0 Å². The molecule has 4 N–H and O–H groups in total. The van der Waals surface area contributed by atoms with Crippen LogP contribution in [0.2, 0.25) is 0 Å². The van der Waals surface area contributed by atoms with Crippen molar-refractivity contribution in [3.05, 3.63) is 53.1 Å². The fourth-order valence-electron chi connectivity index (χ4n) is 7.76. The average Bonchev–Trinajstić information content (AvgIpc) is 3.58. The molecule has 4 fully saturated rings. The SMILES string of the molecule is CC(C)(C)[C@H]1CC[C@H](c2cc(C(=O)N3CCC(Oc4cc(N5CCNCC5)ccc4C(N)=O)CC3)ccc2O[C@H]2CCNC2)CC1.Cl.Cl. The highest BCUT2D eigenvalue weighted by atomic mass is 35.5. The van der Waals surface area contributed by atoms with Gasteiger partial charge in [-0.1, -0.05) is 20.8 Å². The van der Waals surface area contributed by atoms with Crippen LogP contribution in [0.3, 0.4) is 0 Å². The maximum Gasteiger partial charge on any atom is 0.253 e. The Kier molecular flexibility index (Phi) is 13.3. The van der Waals surface area contributed by atoms with E-state index in [1.807, 2.05) is 29.2 Å². The Morgan fingerprint density at radius 2 is 1.46 bits per heavy atom. The molecule has 11 heteroatoms. The molecule has 0 unspecified atom stereocenters. The lowest BCUT2D eigenvalue weighted by molar-refractivity contribution is 0.0594. The number of carbonyl (C=O) groups is 2. The van der Waals surface area contributed by atoms with E-state index in [0.717, 1.165) is 81.4 Å². The number of hydrogen-bond donors (Lipinski definition) is 3. The Bertz CT molecular complexity index is 1370. The molecule has 6 rings (SSSR count). The molecule has 4 aliphatic rings. The standard InChI is InChI=1S/C37H53N5O4.2ClH/c1-37(2,3)27-7-4-25(5-8-27)32-22-26(6-11-33(32)46-30-12-15-40-24-30)36(44)42-18-13-29(14-19-42)45-34-23-28(9-10-31(34)35(38)43)41-20-16-39-17-21-41;;/h6,9-11,22-23,25,27,29-30,39-40H,4-5,7-8,12-21,24H2,1-3H3,(H2,38,43);2*1H/t25-,27-,30-;;/m0../s1. The lowest BCUT2D eigenvalue weighted by Crippen LogP contribution is -2.43. The van der Waals surface area contributed by atoms with Gasteiger partial charge in [-0.15, -0.1) is 24.8 Å². The molecule has 9 nitrogen and oxygen atoms in total. The Hall–Kier alpha value is -2.72. The van der Waals surface area contributed by atoms with Crippen molar-refractivity contribution in [1.29, 1.82) is 0 Å². The number of nitrogens with zero attached hydrogens (tertiary/aromatic N) is 2. The van der Waals surface area contributed by atoms with Gasteiger partial charge in [0.15, 0.2) is 0 Å². The number of piperazine rings is 1. The molecule has 2 aromatic rings. The van der Waals surface area contributed by atoms with Crippen molar-refractivity contribution in [1.82, 2.24) is 15.5 Å². The van der Waals surface area contributed by atoms with E-state index >= 15 is 0 Å². The number of rotatable bonds is 8. The Morgan fingerprint density at radius 3 is 2.08 bits per heavy atom. The zero-order valence-electron chi connectivity index (χ0n) is 28.8. The molecular weight excluding hydrogens is 649 g/mol. The number of halogens is 2. The number of piperidine rings is 1. The number of nitrogens with two attached hydrogens (primary N) is 1. The number of carbonyl (C=O) groups excluding carboxylic acids is 2. The van der Waals surface area contributed by atoms with Crippen molar-refractivity contribution in [3.8, 4) is 11.5 Å². The minimum absolute atomic E-state index is 0. The van der Waals surface area contributed by atoms with Crippen LogP contribution in [-0.4, -0.2) is 81.3 Å². The summed E-state index contributed by atoms with van der Waals surface area (Å²) in [4.78, 5) is 30.3. The largest absolute Gasteiger partial charge is 0.489 e. The molecule has 1 atom stereocenters. The molecule has 0 radical (unpaired) electrons. The zero-order chi connectivity index (χ0) is 32.3. The van der Waals surface area contributed by atoms with E-state index in [9.17, 15) is 9.59 Å². The summed E-state index contributed by atoms with van der Waals surface area (Å²) in [5.74, 6) is 2.19. The Balaban J connectivity index is 0.00000260. The summed E-state index contributed by atoms with van der Waals surface area (Å²) in [6, 6.07) is 11.8. The van der Waals surface area contributed by atoms with Crippen LogP contribution < -0.4 is 30.7 Å². The van der Waals surface area contributed by atoms with Crippen LogP contribution >= 0.6 is 24.8 Å². The van der Waals surface area contributed by atoms with Crippen molar-refractivity contribution in [2.75, 3.05) is 57.3 Å². The first-order valence-electron chi connectivity index (χ1n) is 17.5. The number of hydrogen-bond acceptors (Lipinski definition) is 7. The molecule has 1 saturated carbocycles. The third-order valence-electron chi connectivity index (χ3n) is 10.7. The second-order valence-corrected chi connectivity index (χ2v) is 14.8. The van der Waals surface area contributed by atoms with Crippen molar-refractivity contribution < 1.29 is 19.1 Å². The lowest BCUT2D eigenvalue weighted by atomic mass is 9.68. The number of anilines is 1. The van der Waals surface area contributed by atoms with E-state index in [0.29, 0.717) is 48.6 Å². The number of ether oxygens (including phenoxy) is 2. The predicted octanol–water partition coefficient (Wildman–Crippen LogP) is 5.78. The van der Waals surface area contributed by atoms with Crippen molar-refractivity contribution >= 4 is 42.3 Å². The summed E-state index contributed by atoms with van der Waals surface area (Å²) in [5.41, 5.74) is 9.41. The first kappa shape index (κ1) is 38.1. The van der Waals surface area contributed by atoms with Gasteiger partial charge >= 0.3 is 0 Å². The molecule has 0 aromatic heterocycles. The summed E-state index contributed by atoms with van der Waals surface area (Å²) in [7, 11) is 0. The van der Waals surface area contributed by atoms with Gasteiger partial charge in [0.2, 0.25) is 0 Å². The molecule has 2 aromatic carbocycles. The first-order chi connectivity index (χ1) is 22.2. The van der Waals surface area contributed by atoms with Crippen LogP contribution in [0.5, 0.6) is 11.5 Å². The van der Waals surface area contributed by atoms with E-state index in [-0.39, 0.29) is 42.9 Å². The maximum atomic E-state index is 13.9. The Labute approximate surface area is 298 Å². The van der Waals surface area contributed by atoms with Crippen LogP contribution in [0, 0.1) is 11.3 Å². The third kappa shape index (κ3) is 9.09. The molecule has 0 bridgehead atoms. The van der Waals surface area contributed by atoms with E-state index in [1.54, 1.807) is 6.07 Å². The van der Waals surface area contributed by atoms with Gasteiger partial charge in [-0.05, 0) is 91.8 Å². The maximum absolute atomic E-state index is 13.9. The Morgan fingerprint density at radius 1 is 0.771 bits per heavy atom. The number of amides is 2. The average molecular weight is 705 g/mol. The van der Waals surface area contributed by atoms with E-state index in [1.165, 1.54) is 18.4 Å². The zero-order valence-corrected chi connectivity index (χ0v) is 30.4. The second kappa shape index (κ2) is 16.8. The summed E-state index contributed by atoms with van der Waals surface area (Å²) in [5, 5.41) is 6.78. The molecule has 0 spiro atoms. The first-order valence-corrected chi connectivity index (χ1v) is 17.5. The van der Waals surface area contributed by atoms with Crippen molar-refractivity contribution in [2.24, 2.45) is 17.1 Å².